The lowest BCUT2D eigenvalue weighted by atomic mass is 9.50. The number of fused-ring (bicyclic) bond motifs is 3. The molecule has 132 valence electrons. The van der Waals surface area contributed by atoms with E-state index in [9.17, 15) is 4.79 Å². The molecule has 1 aromatic carbocycles. The summed E-state index contributed by atoms with van der Waals surface area (Å²) in [4.78, 5) is 12.6. The molecular weight excluding hydrogens is 300 g/mol. The molecule has 2 aliphatic carbocycles. The number of carbonyl (C=O) groups excluding carboxylic acids is 1. The number of ether oxygens (including phenoxy) is 2. The summed E-state index contributed by atoms with van der Waals surface area (Å²) >= 11 is 0. The van der Waals surface area contributed by atoms with E-state index in [-0.39, 0.29) is 22.9 Å². The quantitative estimate of drug-likeness (QED) is 0.756. The highest BCUT2D eigenvalue weighted by molar-refractivity contribution is 5.77. The van der Waals surface area contributed by atoms with E-state index in [0.29, 0.717) is 5.92 Å². The number of methoxy groups -OCH3 is 1. The van der Waals surface area contributed by atoms with Crippen molar-refractivity contribution in [2.24, 2.45) is 11.3 Å². The Hall–Kier alpha value is -1.51. The van der Waals surface area contributed by atoms with E-state index in [2.05, 4.69) is 45.9 Å². The van der Waals surface area contributed by atoms with Gasteiger partial charge >= 0.3 is 5.97 Å². The highest BCUT2D eigenvalue weighted by atomic mass is 16.5. The molecule has 24 heavy (non-hydrogen) atoms. The van der Waals surface area contributed by atoms with Gasteiger partial charge < -0.3 is 9.47 Å². The van der Waals surface area contributed by atoms with Crippen molar-refractivity contribution in [2.45, 2.75) is 71.3 Å². The van der Waals surface area contributed by atoms with Gasteiger partial charge in [-0.2, -0.15) is 0 Å². The maximum atomic E-state index is 12.6. The molecule has 2 aliphatic rings. The molecule has 0 amide bonds. The number of benzene rings is 1. The topological polar surface area (TPSA) is 35.5 Å². The molecule has 3 atom stereocenters. The standard InChI is InChI=1S/C21H30O3/c1-14(2)24-16-9-7-15-8-10-18-20(3,17(15)13-16)11-6-12-21(18,4)19(22)23-5/h7,9,13-14,18H,6,8,10-12H2,1-5H3/t18?,20-,21+/m1/s1. The van der Waals surface area contributed by atoms with Gasteiger partial charge in [-0.25, -0.2) is 0 Å². The number of rotatable bonds is 3. The predicted molar refractivity (Wildman–Crippen MR) is 95.3 cm³/mol. The van der Waals surface area contributed by atoms with Crippen LogP contribution in [0, 0.1) is 11.3 Å². The van der Waals surface area contributed by atoms with Crippen molar-refractivity contribution in [3.05, 3.63) is 29.3 Å². The Morgan fingerprint density at radius 2 is 2.00 bits per heavy atom. The van der Waals surface area contributed by atoms with E-state index < -0.39 is 0 Å². The van der Waals surface area contributed by atoms with E-state index in [1.807, 2.05) is 0 Å². The summed E-state index contributed by atoms with van der Waals surface area (Å²) in [5, 5.41) is 0. The first-order chi connectivity index (χ1) is 11.3. The Morgan fingerprint density at radius 3 is 2.67 bits per heavy atom. The van der Waals surface area contributed by atoms with Gasteiger partial charge in [0.25, 0.3) is 0 Å². The highest BCUT2D eigenvalue weighted by Gasteiger charge is 2.55. The molecule has 1 aromatic rings. The SMILES string of the molecule is COC(=O)[C@@]1(C)CCC[C@]2(C)c3cc(OC(C)C)ccc3CCC12. The van der Waals surface area contributed by atoms with Crippen LogP contribution in [0.2, 0.25) is 0 Å². The second kappa shape index (κ2) is 6.09. The minimum absolute atomic E-state index is 0.0190. The summed E-state index contributed by atoms with van der Waals surface area (Å²) < 4.78 is 11.1. The van der Waals surface area contributed by atoms with Crippen LogP contribution in [0.5, 0.6) is 5.75 Å². The van der Waals surface area contributed by atoms with Gasteiger partial charge in [0.2, 0.25) is 0 Å². The fourth-order valence-electron chi connectivity index (χ4n) is 5.26. The predicted octanol–water partition coefficient (Wildman–Crippen LogP) is 4.66. The molecule has 1 unspecified atom stereocenters. The molecule has 1 saturated carbocycles. The zero-order chi connectivity index (χ0) is 17.5. The van der Waals surface area contributed by atoms with Crippen molar-refractivity contribution in [3.8, 4) is 5.75 Å². The summed E-state index contributed by atoms with van der Waals surface area (Å²) in [6.45, 7) is 8.56. The van der Waals surface area contributed by atoms with E-state index in [1.54, 1.807) is 0 Å². The summed E-state index contributed by atoms with van der Waals surface area (Å²) in [5.41, 5.74) is 2.44. The van der Waals surface area contributed by atoms with Gasteiger partial charge in [0, 0.05) is 0 Å². The van der Waals surface area contributed by atoms with E-state index in [4.69, 9.17) is 9.47 Å². The molecule has 0 aliphatic heterocycles. The number of hydrogen-bond donors (Lipinski definition) is 0. The van der Waals surface area contributed by atoms with E-state index >= 15 is 0 Å². The van der Waals surface area contributed by atoms with Crippen molar-refractivity contribution >= 4 is 5.97 Å². The molecule has 3 rings (SSSR count). The second-order valence-corrected chi connectivity index (χ2v) is 8.26. The molecule has 0 radical (unpaired) electrons. The summed E-state index contributed by atoms with van der Waals surface area (Å²) in [6, 6.07) is 6.54. The van der Waals surface area contributed by atoms with Gasteiger partial charge in [-0.3, -0.25) is 4.79 Å². The smallest absolute Gasteiger partial charge is 0.311 e. The molecular formula is C21H30O3. The average Bonchev–Trinajstić information content (AvgIpc) is 2.53. The molecule has 0 N–H and O–H groups in total. The molecule has 0 aromatic heterocycles. The van der Waals surface area contributed by atoms with E-state index in [0.717, 1.165) is 37.9 Å². The van der Waals surface area contributed by atoms with Crippen LogP contribution >= 0.6 is 0 Å². The fraction of sp³-hybridized carbons (Fsp3) is 0.667. The van der Waals surface area contributed by atoms with Crippen LogP contribution in [0.1, 0.15) is 64.5 Å². The maximum absolute atomic E-state index is 12.6. The van der Waals surface area contributed by atoms with Crippen LogP contribution < -0.4 is 4.74 Å². The zero-order valence-corrected chi connectivity index (χ0v) is 15.6. The molecule has 1 fully saturated rings. The first-order valence-electron chi connectivity index (χ1n) is 9.20. The summed E-state index contributed by atoms with van der Waals surface area (Å²) in [6.07, 6.45) is 5.37. The fourth-order valence-corrected chi connectivity index (χ4v) is 5.26. The third-order valence-electron chi connectivity index (χ3n) is 6.35. The van der Waals surface area contributed by atoms with Crippen LogP contribution in [-0.2, 0) is 21.4 Å². The Labute approximate surface area is 145 Å². The van der Waals surface area contributed by atoms with E-state index in [1.165, 1.54) is 18.2 Å². The monoisotopic (exact) mass is 330 g/mol. The van der Waals surface area contributed by atoms with Crippen LogP contribution in [-0.4, -0.2) is 19.2 Å². The highest BCUT2D eigenvalue weighted by Crippen LogP contribution is 2.57. The van der Waals surface area contributed by atoms with Gasteiger partial charge in [-0.1, -0.05) is 19.4 Å². The van der Waals surface area contributed by atoms with Crippen molar-refractivity contribution in [1.82, 2.24) is 0 Å². The van der Waals surface area contributed by atoms with Crippen molar-refractivity contribution in [2.75, 3.05) is 7.11 Å². The molecule has 0 saturated heterocycles. The molecule has 0 bridgehead atoms. The van der Waals surface area contributed by atoms with Crippen molar-refractivity contribution < 1.29 is 14.3 Å². The van der Waals surface area contributed by atoms with Gasteiger partial charge in [0.05, 0.1) is 18.6 Å². The van der Waals surface area contributed by atoms with Gasteiger partial charge in [0.15, 0.2) is 0 Å². The first-order valence-corrected chi connectivity index (χ1v) is 9.20. The first kappa shape index (κ1) is 17.3. The number of carbonyl (C=O) groups is 1. The number of aryl methyl sites for hydroxylation is 1. The lowest BCUT2D eigenvalue weighted by molar-refractivity contribution is -0.161. The average molecular weight is 330 g/mol. The lowest BCUT2D eigenvalue weighted by Gasteiger charge is -2.54. The van der Waals surface area contributed by atoms with Crippen molar-refractivity contribution in [3.63, 3.8) is 0 Å². The van der Waals surface area contributed by atoms with Crippen LogP contribution in [0.15, 0.2) is 18.2 Å². The summed E-state index contributed by atoms with van der Waals surface area (Å²) in [5.74, 6) is 1.22. The Kier molecular flexibility index (Phi) is 4.39. The number of esters is 1. The van der Waals surface area contributed by atoms with Crippen LogP contribution in [0.25, 0.3) is 0 Å². The Morgan fingerprint density at radius 1 is 1.25 bits per heavy atom. The zero-order valence-electron chi connectivity index (χ0n) is 15.6. The number of hydrogen-bond acceptors (Lipinski definition) is 3. The summed E-state index contributed by atoms with van der Waals surface area (Å²) in [7, 11) is 1.52. The largest absolute Gasteiger partial charge is 0.491 e. The van der Waals surface area contributed by atoms with Gasteiger partial charge in [0.1, 0.15) is 5.75 Å². The lowest BCUT2D eigenvalue weighted by Crippen LogP contribution is -2.52. The minimum atomic E-state index is -0.381. The van der Waals surface area contributed by atoms with Crippen LogP contribution in [0.3, 0.4) is 0 Å². The Bertz CT molecular complexity index is 636. The third kappa shape index (κ3) is 2.62. The normalized spacial score (nSPS) is 32.0. The van der Waals surface area contributed by atoms with Crippen molar-refractivity contribution in [1.29, 1.82) is 0 Å². The maximum Gasteiger partial charge on any atom is 0.311 e. The molecule has 0 heterocycles. The van der Waals surface area contributed by atoms with Gasteiger partial charge in [-0.15, -0.1) is 0 Å². The molecule has 0 spiro atoms. The third-order valence-corrected chi connectivity index (χ3v) is 6.35. The van der Waals surface area contributed by atoms with Gasteiger partial charge in [-0.05, 0) is 81.0 Å². The molecule has 3 heteroatoms. The second-order valence-electron chi connectivity index (χ2n) is 8.26. The van der Waals surface area contributed by atoms with Crippen LogP contribution in [0.4, 0.5) is 0 Å². The minimum Gasteiger partial charge on any atom is -0.491 e. The molecule has 3 nitrogen and oxygen atoms in total. The Balaban J connectivity index is 2.04.